The third-order valence-electron chi connectivity index (χ3n) is 3.58. The van der Waals surface area contributed by atoms with Gasteiger partial charge in [-0.1, -0.05) is 20.3 Å². The van der Waals surface area contributed by atoms with Crippen LogP contribution in [-0.4, -0.2) is 21.3 Å². The first kappa shape index (κ1) is 12.6. The molecule has 0 saturated heterocycles. The molecule has 2 unspecified atom stereocenters. The standard InChI is InChI=1S/C13H24N4/c1-4-6-10(2)9-14-11(3)13-16-15-12-7-5-8-17(12)13/h10-11,14H,4-9H2,1-3H3. The molecule has 1 aliphatic heterocycles. The summed E-state index contributed by atoms with van der Waals surface area (Å²) < 4.78 is 2.28. The molecule has 1 aliphatic rings. The fourth-order valence-corrected chi connectivity index (χ4v) is 2.56. The lowest BCUT2D eigenvalue weighted by Gasteiger charge is -2.17. The summed E-state index contributed by atoms with van der Waals surface area (Å²) in [5, 5.41) is 12.1. The first-order chi connectivity index (χ1) is 8.22. The van der Waals surface area contributed by atoms with E-state index in [4.69, 9.17) is 0 Å². The molecule has 1 aromatic heterocycles. The third kappa shape index (κ3) is 2.86. The number of hydrogen-bond acceptors (Lipinski definition) is 3. The van der Waals surface area contributed by atoms with Crippen LogP contribution in [0.2, 0.25) is 0 Å². The fraction of sp³-hybridized carbons (Fsp3) is 0.846. The zero-order valence-electron chi connectivity index (χ0n) is 11.2. The van der Waals surface area contributed by atoms with Crippen molar-refractivity contribution in [3.63, 3.8) is 0 Å². The molecule has 4 nitrogen and oxygen atoms in total. The number of aromatic nitrogens is 3. The highest BCUT2D eigenvalue weighted by atomic mass is 15.3. The Morgan fingerprint density at radius 3 is 2.94 bits per heavy atom. The van der Waals surface area contributed by atoms with E-state index < -0.39 is 0 Å². The minimum atomic E-state index is 0.314. The van der Waals surface area contributed by atoms with Crippen LogP contribution in [-0.2, 0) is 13.0 Å². The summed E-state index contributed by atoms with van der Waals surface area (Å²) >= 11 is 0. The maximum absolute atomic E-state index is 4.31. The van der Waals surface area contributed by atoms with Gasteiger partial charge in [0.05, 0.1) is 6.04 Å². The second-order valence-electron chi connectivity index (χ2n) is 5.25. The minimum Gasteiger partial charge on any atom is -0.314 e. The van der Waals surface area contributed by atoms with Gasteiger partial charge in [-0.25, -0.2) is 0 Å². The van der Waals surface area contributed by atoms with Crippen LogP contribution in [0.25, 0.3) is 0 Å². The molecule has 0 radical (unpaired) electrons. The molecular formula is C13H24N4. The number of aryl methyl sites for hydroxylation is 1. The van der Waals surface area contributed by atoms with Crippen molar-refractivity contribution in [3.8, 4) is 0 Å². The first-order valence-electron chi connectivity index (χ1n) is 6.87. The van der Waals surface area contributed by atoms with Crippen molar-refractivity contribution in [2.45, 2.75) is 59.0 Å². The second kappa shape index (κ2) is 5.63. The van der Waals surface area contributed by atoms with E-state index in [0.717, 1.165) is 37.1 Å². The lowest BCUT2D eigenvalue weighted by molar-refractivity contribution is 0.428. The van der Waals surface area contributed by atoms with Crippen LogP contribution in [0.3, 0.4) is 0 Å². The molecule has 0 amide bonds. The van der Waals surface area contributed by atoms with Gasteiger partial charge >= 0.3 is 0 Å². The zero-order valence-corrected chi connectivity index (χ0v) is 11.2. The van der Waals surface area contributed by atoms with Crippen LogP contribution in [0.15, 0.2) is 0 Å². The predicted molar refractivity (Wildman–Crippen MR) is 68.8 cm³/mol. The van der Waals surface area contributed by atoms with Gasteiger partial charge in [-0.2, -0.15) is 0 Å². The van der Waals surface area contributed by atoms with Crippen LogP contribution in [0.4, 0.5) is 0 Å². The van der Waals surface area contributed by atoms with Crippen molar-refractivity contribution < 1.29 is 0 Å². The Morgan fingerprint density at radius 2 is 2.18 bits per heavy atom. The summed E-state index contributed by atoms with van der Waals surface area (Å²) in [6, 6.07) is 0.314. The maximum atomic E-state index is 4.31. The highest BCUT2D eigenvalue weighted by Crippen LogP contribution is 2.19. The first-order valence-corrected chi connectivity index (χ1v) is 6.87. The molecular weight excluding hydrogens is 212 g/mol. The van der Waals surface area contributed by atoms with Gasteiger partial charge < -0.3 is 9.88 Å². The van der Waals surface area contributed by atoms with Gasteiger partial charge in [0, 0.05) is 13.0 Å². The normalized spacial score (nSPS) is 18.1. The third-order valence-corrected chi connectivity index (χ3v) is 3.58. The molecule has 2 heterocycles. The Morgan fingerprint density at radius 1 is 1.35 bits per heavy atom. The van der Waals surface area contributed by atoms with Crippen molar-refractivity contribution in [3.05, 3.63) is 11.6 Å². The lowest BCUT2D eigenvalue weighted by atomic mass is 10.1. The predicted octanol–water partition coefficient (Wildman–Crippen LogP) is 2.31. The molecule has 0 aliphatic carbocycles. The van der Waals surface area contributed by atoms with Gasteiger partial charge in [0.25, 0.3) is 0 Å². The number of nitrogens with one attached hydrogen (secondary N) is 1. The minimum absolute atomic E-state index is 0.314. The largest absolute Gasteiger partial charge is 0.314 e. The lowest BCUT2D eigenvalue weighted by Crippen LogP contribution is -2.26. The number of rotatable bonds is 6. The molecule has 17 heavy (non-hydrogen) atoms. The van der Waals surface area contributed by atoms with Gasteiger partial charge in [-0.3, -0.25) is 0 Å². The van der Waals surface area contributed by atoms with Crippen LogP contribution in [0.1, 0.15) is 57.7 Å². The average Bonchev–Trinajstić information content (AvgIpc) is 2.87. The van der Waals surface area contributed by atoms with E-state index in [2.05, 4.69) is 40.9 Å². The van der Waals surface area contributed by atoms with Crippen molar-refractivity contribution >= 4 is 0 Å². The van der Waals surface area contributed by atoms with Crippen molar-refractivity contribution in [1.82, 2.24) is 20.1 Å². The highest BCUT2D eigenvalue weighted by Gasteiger charge is 2.21. The second-order valence-corrected chi connectivity index (χ2v) is 5.25. The van der Waals surface area contributed by atoms with Gasteiger partial charge in [0.15, 0.2) is 0 Å². The van der Waals surface area contributed by atoms with Crippen molar-refractivity contribution in [1.29, 1.82) is 0 Å². The Balaban J connectivity index is 1.89. The molecule has 0 spiro atoms. The van der Waals surface area contributed by atoms with Gasteiger partial charge in [0.1, 0.15) is 11.6 Å². The van der Waals surface area contributed by atoms with Crippen LogP contribution < -0.4 is 5.32 Å². The topological polar surface area (TPSA) is 42.7 Å². The highest BCUT2D eigenvalue weighted by molar-refractivity contribution is 5.03. The van der Waals surface area contributed by atoms with E-state index in [1.165, 1.54) is 19.3 Å². The van der Waals surface area contributed by atoms with E-state index in [-0.39, 0.29) is 0 Å². The van der Waals surface area contributed by atoms with E-state index in [1.807, 2.05) is 0 Å². The van der Waals surface area contributed by atoms with Gasteiger partial charge in [0.2, 0.25) is 0 Å². The van der Waals surface area contributed by atoms with Crippen LogP contribution in [0, 0.1) is 5.92 Å². The SMILES string of the molecule is CCCC(C)CNC(C)c1nnc2n1CCC2. The summed E-state index contributed by atoms with van der Waals surface area (Å²) in [4.78, 5) is 0. The molecule has 0 bridgehead atoms. The van der Waals surface area contributed by atoms with Gasteiger partial charge in [-0.05, 0) is 32.2 Å². The van der Waals surface area contributed by atoms with E-state index in [0.29, 0.717) is 6.04 Å². The molecule has 0 saturated carbocycles. The maximum Gasteiger partial charge on any atom is 0.149 e. The Hall–Kier alpha value is -0.900. The average molecular weight is 236 g/mol. The Labute approximate surface area is 104 Å². The van der Waals surface area contributed by atoms with E-state index in [1.54, 1.807) is 0 Å². The monoisotopic (exact) mass is 236 g/mol. The molecule has 0 fully saturated rings. The summed E-state index contributed by atoms with van der Waals surface area (Å²) in [6.45, 7) is 8.89. The summed E-state index contributed by atoms with van der Waals surface area (Å²) in [7, 11) is 0. The Kier molecular flexibility index (Phi) is 4.15. The van der Waals surface area contributed by atoms with E-state index in [9.17, 15) is 0 Å². The van der Waals surface area contributed by atoms with Crippen LogP contribution in [0.5, 0.6) is 0 Å². The number of fused-ring (bicyclic) bond motifs is 1. The fourth-order valence-electron chi connectivity index (χ4n) is 2.56. The molecule has 2 rings (SSSR count). The summed E-state index contributed by atoms with van der Waals surface area (Å²) in [5.74, 6) is 3.01. The van der Waals surface area contributed by atoms with Crippen molar-refractivity contribution in [2.75, 3.05) is 6.54 Å². The number of nitrogens with zero attached hydrogens (tertiary/aromatic N) is 3. The van der Waals surface area contributed by atoms with Crippen molar-refractivity contribution in [2.24, 2.45) is 5.92 Å². The molecule has 2 atom stereocenters. The smallest absolute Gasteiger partial charge is 0.149 e. The van der Waals surface area contributed by atoms with Gasteiger partial charge in [-0.15, -0.1) is 10.2 Å². The zero-order chi connectivity index (χ0) is 12.3. The van der Waals surface area contributed by atoms with E-state index >= 15 is 0 Å². The number of hydrogen-bond donors (Lipinski definition) is 1. The van der Waals surface area contributed by atoms with Crippen LogP contribution >= 0.6 is 0 Å². The quantitative estimate of drug-likeness (QED) is 0.824. The Bertz CT molecular complexity index is 358. The molecule has 4 heteroatoms. The molecule has 1 aromatic rings. The molecule has 0 aromatic carbocycles. The summed E-state index contributed by atoms with van der Waals surface area (Å²) in [5.41, 5.74) is 0. The summed E-state index contributed by atoms with van der Waals surface area (Å²) in [6.07, 6.45) is 4.86. The molecule has 1 N–H and O–H groups in total. The molecule has 96 valence electrons.